The molecule has 0 radical (unpaired) electrons. The molecule has 4 aromatic rings. The van der Waals surface area contributed by atoms with Crippen molar-refractivity contribution in [2.45, 2.75) is 31.0 Å². The van der Waals surface area contributed by atoms with E-state index in [4.69, 9.17) is 4.42 Å². The highest BCUT2D eigenvalue weighted by Crippen LogP contribution is 2.24. The van der Waals surface area contributed by atoms with Gasteiger partial charge in [0, 0.05) is 22.2 Å². The minimum absolute atomic E-state index is 0.181. The molecule has 0 aliphatic carbocycles. The minimum atomic E-state index is -1.20. The van der Waals surface area contributed by atoms with Gasteiger partial charge in [-0.05, 0) is 62.4 Å². The molecule has 7 heteroatoms. The second kappa shape index (κ2) is 9.70. The van der Waals surface area contributed by atoms with Crippen LogP contribution in [0.15, 0.2) is 82.2 Å². The standard InChI is InChI=1S/C25H23N3O3S/c1-17-6-12-22(13-7-17)32(30)16-23-18(2)31-25(28-23)20-10-8-19(9-11-20)24(29)27-15-21-5-3-4-14-26-21/h3-14H,15-16H2,1-2H3,(H,27,29)/t32-/m1/s1. The Bertz CT molecular complexity index is 1230. The Morgan fingerprint density at radius 2 is 1.75 bits per heavy atom. The van der Waals surface area contributed by atoms with Gasteiger partial charge < -0.3 is 9.73 Å². The van der Waals surface area contributed by atoms with Crippen LogP contribution in [0.25, 0.3) is 11.5 Å². The minimum Gasteiger partial charge on any atom is -0.441 e. The smallest absolute Gasteiger partial charge is 0.251 e. The third-order valence-corrected chi connectivity index (χ3v) is 6.33. The zero-order chi connectivity index (χ0) is 22.5. The molecule has 162 valence electrons. The van der Waals surface area contributed by atoms with Gasteiger partial charge in [0.1, 0.15) is 5.76 Å². The first-order valence-electron chi connectivity index (χ1n) is 10.2. The second-order valence-electron chi connectivity index (χ2n) is 7.41. The summed E-state index contributed by atoms with van der Waals surface area (Å²) < 4.78 is 18.5. The van der Waals surface area contributed by atoms with Crippen molar-refractivity contribution in [2.24, 2.45) is 0 Å². The molecule has 1 atom stereocenters. The number of oxazole rings is 1. The van der Waals surface area contributed by atoms with Crippen LogP contribution < -0.4 is 5.32 Å². The normalized spacial score (nSPS) is 11.8. The SMILES string of the molecule is Cc1ccc([S@](=O)Cc2nc(-c3ccc(C(=O)NCc4ccccn4)cc3)oc2C)cc1. The third-order valence-electron chi connectivity index (χ3n) is 4.99. The van der Waals surface area contributed by atoms with E-state index in [0.29, 0.717) is 29.5 Å². The molecular formula is C25H23N3O3S. The van der Waals surface area contributed by atoms with E-state index in [1.165, 1.54) is 0 Å². The molecule has 2 aromatic heterocycles. The van der Waals surface area contributed by atoms with Gasteiger partial charge in [0.25, 0.3) is 5.91 Å². The van der Waals surface area contributed by atoms with E-state index < -0.39 is 10.8 Å². The molecular weight excluding hydrogens is 422 g/mol. The molecule has 1 amide bonds. The third kappa shape index (κ3) is 5.18. The summed E-state index contributed by atoms with van der Waals surface area (Å²) in [5, 5.41) is 2.85. The second-order valence-corrected chi connectivity index (χ2v) is 8.86. The molecule has 0 bridgehead atoms. The number of hydrogen-bond donors (Lipinski definition) is 1. The Morgan fingerprint density at radius 3 is 2.44 bits per heavy atom. The zero-order valence-electron chi connectivity index (χ0n) is 17.9. The summed E-state index contributed by atoms with van der Waals surface area (Å²) >= 11 is 0. The van der Waals surface area contributed by atoms with E-state index >= 15 is 0 Å². The van der Waals surface area contributed by atoms with Crippen LogP contribution in [0.1, 0.15) is 33.1 Å². The molecule has 1 N–H and O–H groups in total. The lowest BCUT2D eigenvalue weighted by Gasteiger charge is -2.05. The quantitative estimate of drug-likeness (QED) is 0.450. The van der Waals surface area contributed by atoms with Crippen LogP contribution in [0.5, 0.6) is 0 Å². The van der Waals surface area contributed by atoms with Crippen molar-refractivity contribution in [3.63, 3.8) is 0 Å². The van der Waals surface area contributed by atoms with Crippen LogP contribution in [0.4, 0.5) is 0 Å². The summed E-state index contributed by atoms with van der Waals surface area (Å²) in [5.74, 6) is 1.18. The van der Waals surface area contributed by atoms with E-state index in [0.717, 1.165) is 21.7 Å². The Balaban J connectivity index is 1.42. The first-order chi connectivity index (χ1) is 15.5. The molecule has 0 spiro atoms. The lowest BCUT2D eigenvalue weighted by molar-refractivity contribution is 0.0950. The van der Waals surface area contributed by atoms with E-state index in [-0.39, 0.29) is 11.7 Å². The van der Waals surface area contributed by atoms with Crippen LogP contribution in [-0.2, 0) is 23.1 Å². The van der Waals surface area contributed by atoms with Crippen LogP contribution in [0.3, 0.4) is 0 Å². The van der Waals surface area contributed by atoms with Crippen molar-refractivity contribution in [1.29, 1.82) is 0 Å². The monoisotopic (exact) mass is 445 g/mol. The van der Waals surface area contributed by atoms with Crippen LogP contribution in [0.2, 0.25) is 0 Å². The van der Waals surface area contributed by atoms with Crippen LogP contribution >= 0.6 is 0 Å². The predicted octanol–water partition coefficient (Wildman–Crippen LogP) is 4.59. The van der Waals surface area contributed by atoms with Crippen molar-refractivity contribution >= 4 is 16.7 Å². The molecule has 2 heterocycles. The number of rotatable bonds is 7. The fourth-order valence-corrected chi connectivity index (χ4v) is 4.25. The lowest BCUT2D eigenvalue weighted by Crippen LogP contribution is -2.23. The van der Waals surface area contributed by atoms with E-state index in [9.17, 15) is 9.00 Å². The maximum Gasteiger partial charge on any atom is 0.251 e. The summed E-state index contributed by atoms with van der Waals surface area (Å²) in [7, 11) is -1.20. The maximum absolute atomic E-state index is 12.7. The first-order valence-corrected chi connectivity index (χ1v) is 11.5. The van der Waals surface area contributed by atoms with Crippen molar-refractivity contribution < 1.29 is 13.4 Å². The van der Waals surface area contributed by atoms with E-state index in [2.05, 4.69) is 15.3 Å². The van der Waals surface area contributed by atoms with E-state index in [1.54, 1.807) is 30.5 Å². The molecule has 4 rings (SSSR count). The molecule has 0 fully saturated rings. The van der Waals surface area contributed by atoms with Gasteiger partial charge in [-0.25, -0.2) is 4.98 Å². The van der Waals surface area contributed by atoms with Gasteiger partial charge in [0.15, 0.2) is 0 Å². The number of benzene rings is 2. The number of aryl methyl sites for hydroxylation is 2. The number of hydrogen-bond acceptors (Lipinski definition) is 5. The molecule has 0 saturated carbocycles. The Kier molecular flexibility index (Phi) is 6.56. The maximum atomic E-state index is 12.7. The predicted molar refractivity (Wildman–Crippen MR) is 123 cm³/mol. The van der Waals surface area contributed by atoms with Gasteiger partial charge in [0.2, 0.25) is 5.89 Å². The molecule has 6 nitrogen and oxygen atoms in total. The zero-order valence-corrected chi connectivity index (χ0v) is 18.7. The van der Waals surface area contributed by atoms with E-state index in [1.807, 2.05) is 56.3 Å². The van der Waals surface area contributed by atoms with Gasteiger partial charge >= 0.3 is 0 Å². The van der Waals surface area contributed by atoms with Crippen molar-refractivity contribution in [3.05, 3.63) is 101 Å². The first kappa shape index (κ1) is 21.6. The topological polar surface area (TPSA) is 85.1 Å². The number of carbonyl (C=O) groups excluding carboxylic acids is 1. The number of aromatic nitrogens is 2. The highest BCUT2D eigenvalue weighted by atomic mass is 32.2. The van der Waals surface area contributed by atoms with Gasteiger partial charge in [-0.1, -0.05) is 23.8 Å². The van der Waals surface area contributed by atoms with Crippen LogP contribution in [0, 0.1) is 13.8 Å². The van der Waals surface area contributed by atoms with Gasteiger partial charge in [-0.3, -0.25) is 14.0 Å². The van der Waals surface area contributed by atoms with Crippen molar-refractivity contribution in [3.8, 4) is 11.5 Å². The molecule has 0 saturated heterocycles. The lowest BCUT2D eigenvalue weighted by atomic mass is 10.1. The number of nitrogens with zero attached hydrogens (tertiary/aromatic N) is 2. The Labute approximate surface area is 189 Å². The summed E-state index contributed by atoms with van der Waals surface area (Å²) in [6, 6.07) is 20.3. The van der Waals surface area contributed by atoms with Crippen molar-refractivity contribution in [2.75, 3.05) is 0 Å². The molecule has 0 aliphatic rings. The number of nitrogens with one attached hydrogen (secondary N) is 1. The fraction of sp³-hybridized carbons (Fsp3) is 0.160. The van der Waals surface area contributed by atoms with Crippen molar-refractivity contribution in [1.82, 2.24) is 15.3 Å². The van der Waals surface area contributed by atoms with Gasteiger partial charge in [-0.15, -0.1) is 0 Å². The number of carbonyl (C=O) groups is 1. The molecule has 0 unspecified atom stereocenters. The average Bonchev–Trinajstić information content (AvgIpc) is 3.18. The summed E-state index contributed by atoms with van der Waals surface area (Å²) in [4.78, 5) is 21.9. The summed E-state index contributed by atoms with van der Waals surface area (Å²) in [6.07, 6.45) is 1.69. The van der Waals surface area contributed by atoms with Crippen LogP contribution in [-0.4, -0.2) is 20.1 Å². The summed E-state index contributed by atoms with van der Waals surface area (Å²) in [6.45, 7) is 4.18. The fourth-order valence-electron chi connectivity index (χ4n) is 3.12. The Morgan fingerprint density at radius 1 is 1.00 bits per heavy atom. The molecule has 32 heavy (non-hydrogen) atoms. The Hall–Kier alpha value is -3.58. The highest BCUT2D eigenvalue weighted by Gasteiger charge is 2.16. The summed E-state index contributed by atoms with van der Waals surface area (Å²) in [5.41, 5.74) is 3.87. The molecule has 0 aliphatic heterocycles. The van der Waals surface area contributed by atoms with Gasteiger partial charge in [0.05, 0.1) is 34.5 Å². The average molecular weight is 446 g/mol. The highest BCUT2D eigenvalue weighted by molar-refractivity contribution is 7.84. The number of pyridine rings is 1. The van der Waals surface area contributed by atoms with Gasteiger partial charge in [-0.2, -0.15) is 0 Å². The molecule has 2 aromatic carbocycles. The number of amides is 1. The largest absolute Gasteiger partial charge is 0.441 e.